The summed E-state index contributed by atoms with van der Waals surface area (Å²) in [6.07, 6.45) is 11.1. The molecule has 0 rings (SSSR count). The molecule has 0 fully saturated rings. The van der Waals surface area contributed by atoms with Crippen molar-refractivity contribution in [1.82, 2.24) is 0 Å². The minimum atomic E-state index is -1.84. The van der Waals surface area contributed by atoms with Gasteiger partial charge < -0.3 is 9.16 Å². The Kier molecular flexibility index (Phi) is 14.8. The lowest BCUT2D eigenvalue weighted by molar-refractivity contribution is -0.146. The highest BCUT2D eigenvalue weighted by Crippen LogP contribution is 2.36. The average Bonchev–Trinajstić information content (AvgIpc) is 2.60. The van der Waals surface area contributed by atoms with Crippen molar-refractivity contribution in [3.8, 4) is 0 Å². The Hall–Kier alpha value is -0.683. The van der Waals surface area contributed by atoms with Crippen molar-refractivity contribution >= 4 is 20.1 Å². The summed E-state index contributed by atoms with van der Waals surface area (Å²) in [5, 5.41) is 0.125. The van der Waals surface area contributed by atoms with Gasteiger partial charge in [-0.25, -0.2) is 0 Å². The molecule has 172 valence electrons. The van der Waals surface area contributed by atoms with Crippen LogP contribution in [0.4, 0.5) is 0 Å². The highest BCUT2D eigenvalue weighted by atomic mass is 28.4. The molecule has 0 unspecified atom stereocenters. The smallest absolute Gasteiger partial charge is 0.313 e. The number of hydrogen-bond donors (Lipinski definition) is 0. The van der Waals surface area contributed by atoms with E-state index in [4.69, 9.17) is 9.16 Å². The number of ketones is 1. The Morgan fingerprint density at radius 3 is 1.90 bits per heavy atom. The first-order valence-corrected chi connectivity index (χ1v) is 14.8. The average molecular weight is 429 g/mol. The summed E-state index contributed by atoms with van der Waals surface area (Å²) in [5.41, 5.74) is 0. The standard InChI is InChI=1S/C24H48O4Si/c1-8-10-12-14-21(15-13-11-9-2)16-18-27-23(26)20-22(25)17-19-28-29(6,7)24(3,4)5/h21H,8-20H2,1-7H3. The molecule has 0 amide bonds. The van der Waals surface area contributed by atoms with Crippen LogP contribution in [0.2, 0.25) is 18.1 Å². The Balaban J connectivity index is 4.13. The fourth-order valence-electron chi connectivity index (χ4n) is 3.08. The molecule has 0 atom stereocenters. The number of rotatable bonds is 17. The Morgan fingerprint density at radius 1 is 0.862 bits per heavy atom. The molecule has 5 heteroatoms. The molecule has 0 aliphatic carbocycles. The van der Waals surface area contributed by atoms with Crippen LogP contribution in [0, 0.1) is 5.92 Å². The second-order valence-corrected chi connectivity index (χ2v) is 14.8. The van der Waals surface area contributed by atoms with E-state index in [0.717, 1.165) is 6.42 Å². The molecule has 29 heavy (non-hydrogen) atoms. The monoisotopic (exact) mass is 428 g/mol. The number of carbonyl (C=O) groups excluding carboxylic acids is 2. The van der Waals surface area contributed by atoms with Crippen LogP contribution in [0.1, 0.15) is 105 Å². The van der Waals surface area contributed by atoms with Crippen LogP contribution in [0.5, 0.6) is 0 Å². The SMILES string of the molecule is CCCCCC(CCCCC)CCOC(=O)CC(=O)CCO[Si](C)(C)C(C)(C)C. The van der Waals surface area contributed by atoms with Gasteiger partial charge in [0, 0.05) is 13.0 Å². The van der Waals surface area contributed by atoms with Gasteiger partial charge in [-0.15, -0.1) is 0 Å². The van der Waals surface area contributed by atoms with Crippen LogP contribution in [-0.2, 0) is 18.8 Å². The lowest BCUT2D eigenvalue weighted by Gasteiger charge is -2.36. The quantitative estimate of drug-likeness (QED) is 0.108. The molecule has 0 aromatic rings. The van der Waals surface area contributed by atoms with Gasteiger partial charge in [-0.05, 0) is 30.5 Å². The second-order valence-electron chi connectivity index (χ2n) is 9.94. The zero-order chi connectivity index (χ0) is 22.3. The van der Waals surface area contributed by atoms with E-state index in [9.17, 15) is 9.59 Å². The zero-order valence-corrected chi connectivity index (χ0v) is 21.4. The molecule has 0 bridgehead atoms. The minimum absolute atomic E-state index is 0.0869. The Bertz CT molecular complexity index is 444. The number of carbonyl (C=O) groups is 2. The third-order valence-electron chi connectivity index (χ3n) is 6.21. The highest BCUT2D eigenvalue weighted by Gasteiger charge is 2.37. The van der Waals surface area contributed by atoms with Crippen molar-refractivity contribution in [3.63, 3.8) is 0 Å². The maximum absolute atomic E-state index is 12.1. The molecule has 0 spiro atoms. The number of hydrogen-bond acceptors (Lipinski definition) is 4. The highest BCUT2D eigenvalue weighted by molar-refractivity contribution is 6.74. The van der Waals surface area contributed by atoms with Crippen LogP contribution in [0.25, 0.3) is 0 Å². The fourth-order valence-corrected chi connectivity index (χ4v) is 4.12. The van der Waals surface area contributed by atoms with Crippen LogP contribution in [0.15, 0.2) is 0 Å². The fraction of sp³-hybridized carbons (Fsp3) is 0.917. The van der Waals surface area contributed by atoms with Crippen LogP contribution < -0.4 is 0 Å². The molecule has 4 nitrogen and oxygen atoms in total. The van der Waals surface area contributed by atoms with E-state index in [1.165, 1.54) is 51.4 Å². The topological polar surface area (TPSA) is 52.6 Å². The first-order chi connectivity index (χ1) is 13.5. The third kappa shape index (κ3) is 14.0. The lowest BCUT2D eigenvalue weighted by Crippen LogP contribution is -2.41. The number of esters is 1. The van der Waals surface area contributed by atoms with Crippen LogP contribution in [-0.4, -0.2) is 33.3 Å². The number of ether oxygens (including phenoxy) is 1. The van der Waals surface area contributed by atoms with Crippen molar-refractivity contribution < 1.29 is 18.8 Å². The molecule has 0 aliphatic rings. The Morgan fingerprint density at radius 2 is 1.41 bits per heavy atom. The maximum atomic E-state index is 12.1. The largest absolute Gasteiger partial charge is 0.465 e. The van der Waals surface area contributed by atoms with Gasteiger partial charge >= 0.3 is 5.97 Å². The van der Waals surface area contributed by atoms with E-state index >= 15 is 0 Å². The van der Waals surface area contributed by atoms with Gasteiger partial charge in [0.05, 0.1) is 6.61 Å². The van der Waals surface area contributed by atoms with Gasteiger partial charge in [-0.3, -0.25) is 9.59 Å². The van der Waals surface area contributed by atoms with Crippen molar-refractivity contribution in [1.29, 1.82) is 0 Å². The maximum Gasteiger partial charge on any atom is 0.313 e. The molecule has 0 saturated carbocycles. The van der Waals surface area contributed by atoms with Crippen LogP contribution >= 0.6 is 0 Å². The van der Waals surface area contributed by atoms with Gasteiger partial charge in [-0.2, -0.15) is 0 Å². The van der Waals surface area contributed by atoms with Crippen molar-refractivity contribution in [2.24, 2.45) is 5.92 Å². The summed E-state index contributed by atoms with van der Waals surface area (Å²) in [7, 11) is -1.84. The predicted octanol–water partition coefficient (Wildman–Crippen LogP) is 7.07. The summed E-state index contributed by atoms with van der Waals surface area (Å²) in [6, 6.07) is 0. The van der Waals surface area contributed by atoms with Crippen molar-refractivity contribution in [2.45, 2.75) is 123 Å². The van der Waals surface area contributed by atoms with E-state index < -0.39 is 8.32 Å². The van der Waals surface area contributed by atoms with Gasteiger partial charge in [0.25, 0.3) is 0 Å². The predicted molar refractivity (Wildman–Crippen MR) is 125 cm³/mol. The molecule has 0 aromatic heterocycles. The summed E-state index contributed by atoms with van der Waals surface area (Å²) in [5.74, 6) is 0.161. The first-order valence-electron chi connectivity index (χ1n) is 11.8. The van der Waals surface area contributed by atoms with Crippen LogP contribution in [0.3, 0.4) is 0 Å². The van der Waals surface area contributed by atoms with E-state index in [1.54, 1.807) is 0 Å². The molecule has 0 heterocycles. The third-order valence-corrected chi connectivity index (χ3v) is 10.8. The first kappa shape index (κ1) is 28.3. The summed E-state index contributed by atoms with van der Waals surface area (Å²) in [4.78, 5) is 24.1. The van der Waals surface area contributed by atoms with Crippen molar-refractivity contribution in [2.75, 3.05) is 13.2 Å². The van der Waals surface area contributed by atoms with Gasteiger partial charge in [-0.1, -0.05) is 86.0 Å². The number of Topliss-reactive ketones (excluding diaryl/α,β-unsaturated/α-hetero) is 1. The van der Waals surface area contributed by atoms with Gasteiger partial charge in [0.15, 0.2) is 8.32 Å². The van der Waals surface area contributed by atoms with Crippen molar-refractivity contribution in [3.05, 3.63) is 0 Å². The Labute approximate surface area is 181 Å². The normalized spacial score (nSPS) is 12.4. The van der Waals surface area contributed by atoms with E-state index in [1.807, 2.05) is 0 Å². The molecule has 0 saturated heterocycles. The summed E-state index contributed by atoms with van der Waals surface area (Å²) < 4.78 is 11.4. The molecule has 0 aromatic carbocycles. The summed E-state index contributed by atoms with van der Waals surface area (Å²) in [6.45, 7) is 16.2. The van der Waals surface area contributed by atoms with Gasteiger partial charge in [0.1, 0.15) is 12.2 Å². The van der Waals surface area contributed by atoms with E-state index in [-0.39, 0.29) is 29.6 Å². The molecular formula is C24H48O4Si. The zero-order valence-electron chi connectivity index (χ0n) is 20.4. The number of unbranched alkanes of at least 4 members (excludes halogenated alkanes) is 4. The molecule has 0 radical (unpaired) electrons. The lowest BCUT2D eigenvalue weighted by atomic mass is 9.92. The van der Waals surface area contributed by atoms with E-state index in [2.05, 4.69) is 47.7 Å². The molecule has 0 N–H and O–H groups in total. The van der Waals surface area contributed by atoms with Gasteiger partial charge in [0.2, 0.25) is 0 Å². The minimum Gasteiger partial charge on any atom is -0.465 e. The molecular weight excluding hydrogens is 380 g/mol. The van der Waals surface area contributed by atoms with E-state index in [0.29, 0.717) is 19.1 Å². The summed E-state index contributed by atoms with van der Waals surface area (Å²) >= 11 is 0. The molecule has 0 aliphatic heterocycles. The second kappa shape index (κ2) is 15.2.